The number of hydrogen-bond donors (Lipinski definition) is 17. The highest BCUT2D eigenvalue weighted by molar-refractivity contribution is 6.16. The van der Waals surface area contributed by atoms with Crippen molar-refractivity contribution < 1.29 is 111 Å². The average Bonchev–Trinajstić information content (AvgIpc) is 1.40. The van der Waals surface area contributed by atoms with Gasteiger partial charge in [0.05, 0.1) is 51.2 Å². The molecular weight excluding hydrogens is 1520 g/mol. The summed E-state index contributed by atoms with van der Waals surface area (Å²) in [6.45, 7) is 5.14. The second-order valence-electron chi connectivity index (χ2n) is 28.7. The number of aliphatic carboxylic acids is 2. The van der Waals surface area contributed by atoms with Crippen LogP contribution in [0.3, 0.4) is 0 Å². The summed E-state index contributed by atoms with van der Waals surface area (Å²) in [5, 5.41) is 54.1. The lowest BCUT2D eigenvalue weighted by molar-refractivity contribution is -0.155. The molecule has 1 aromatic heterocycles. The summed E-state index contributed by atoms with van der Waals surface area (Å²) < 4.78 is 11.6. The molecule has 37 nitrogen and oxygen atoms in total. The van der Waals surface area contributed by atoms with Gasteiger partial charge in [-0.05, 0) is 105 Å². The molecule has 0 radical (unpaired) electrons. The third kappa shape index (κ3) is 28.6. The molecule has 0 saturated carbocycles. The normalized spacial score (nSPS) is 21.2. The number of anilines is 1. The molecule has 1 saturated heterocycles. The van der Waals surface area contributed by atoms with E-state index in [9.17, 15) is 102 Å². The largest absolute Gasteiger partial charge is 0.494 e. The van der Waals surface area contributed by atoms with Gasteiger partial charge in [-0.25, -0.2) is 4.79 Å². The van der Waals surface area contributed by atoms with Crippen molar-refractivity contribution in [1.82, 2.24) is 58.2 Å². The third-order valence-corrected chi connectivity index (χ3v) is 19.3. The SMILES string of the molecule is CCCCCOc1ccc(-c2ccc(C(=O)N[C@@H](Cc3c[nH]c4ccccc34)C(=O)N[C@H](CC(N)=O)C(=O)C[C@@H](C)C(=O)N[C@@H]3C(=O)NCC(=O)N[C@@H](CCCN)C(=O)N[C@@H](CC(=O)O)C(=O)C[C@H](C)C(=O)N[C@@H](C)C(=O)NCC(=O)N[C@H](CO)C(=O)C[C@@H]([C@H](C)CC(=O)O)C(=O)N[C@@H](C(=O)c4ccccc4N)C(=O)O[C@@H]3C)cc2)cc1. The fourth-order valence-corrected chi connectivity index (χ4v) is 12.6. The highest BCUT2D eigenvalue weighted by atomic mass is 16.5. The van der Waals surface area contributed by atoms with Crippen molar-refractivity contribution in [2.45, 2.75) is 173 Å². The molecule has 37 heteroatoms. The van der Waals surface area contributed by atoms with E-state index >= 15 is 0 Å². The van der Waals surface area contributed by atoms with E-state index in [0.717, 1.165) is 50.3 Å². The fourth-order valence-electron chi connectivity index (χ4n) is 12.6. The zero-order chi connectivity index (χ0) is 86.3. The van der Waals surface area contributed by atoms with Crippen molar-refractivity contribution in [3.8, 4) is 16.9 Å². The van der Waals surface area contributed by atoms with Crippen molar-refractivity contribution >= 4 is 123 Å². The molecule has 0 spiro atoms. The van der Waals surface area contributed by atoms with Crippen LogP contribution in [0.25, 0.3) is 22.0 Å². The number of nitrogens with one attached hydrogen (secondary N) is 11. The van der Waals surface area contributed by atoms with Gasteiger partial charge in [0.25, 0.3) is 5.91 Å². The first-order valence-corrected chi connectivity index (χ1v) is 38.1. The number of ether oxygens (including phenoxy) is 2. The molecule has 5 aromatic rings. The number of carboxylic acid groups (broad SMARTS) is 2. The van der Waals surface area contributed by atoms with Crippen LogP contribution in [0, 0.1) is 23.7 Å². The Kier molecular flexibility index (Phi) is 36.1. The average molecular weight is 1630 g/mol. The van der Waals surface area contributed by atoms with Gasteiger partial charge in [-0.1, -0.05) is 95.1 Å². The summed E-state index contributed by atoms with van der Waals surface area (Å²) >= 11 is 0. The molecule has 0 aliphatic carbocycles. The highest BCUT2D eigenvalue weighted by Crippen LogP contribution is 2.27. The number of carbonyl (C=O) groups excluding carboxylic acids is 16. The van der Waals surface area contributed by atoms with E-state index in [2.05, 4.69) is 65.1 Å². The van der Waals surface area contributed by atoms with E-state index in [1.54, 1.807) is 54.7 Å². The van der Waals surface area contributed by atoms with E-state index in [0.29, 0.717) is 28.8 Å². The quantitative estimate of drug-likeness (QED) is 0.00927. The number of carbonyl (C=O) groups is 18. The molecular formula is C80H102N14O23. The molecule has 630 valence electrons. The Morgan fingerprint density at radius 2 is 1.26 bits per heavy atom. The molecule has 1 aliphatic heterocycles. The van der Waals surface area contributed by atoms with Crippen LogP contribution in [-0.4, -0.2) is 214 Å². The van der Waals surface area contributed by atoms with Crippen LogP contribution in [0.1, 0.15) is 138 Å². The molecule has 1 fully saturated rings. The number of aliphatic hydroxyl groups is 1. The minimum atomic E-state index is -2.55. The van der Waals surface area contributed by atoms with E-state index in [1.807, 2.05) is 24.3 Å². The van der Waals surface area contributed by atoms with Crippen LogP contribution in [0.15, 0.2) is 103 Å². The number of hydrogen-bond acceptors (Lipinski definition) is 23. The standard InChI is InChI=1S/C80H102N14O23/c1-7-8-13-29-116-50-26-24-47(25-27-50)46-20-22-48(23-21-46)75(110)92-59(33-49-37-84-55-18-12-10-15-51(49)55)78(113)90-57(35-64(83)99)61(96)31-43(4)73(108)93-69-45(6)117-80(115)70(71(106)52-16-9-11-17-54(52)82)94-76(111)53(41(2)32-67(102)103)34-63(98)60(40-95)89-66(101)38-85-74(109)44(5)87-72(107)42(3)30-62(97)58(36-68(104)105)91-77(112)56(19-14-28-81)88-65(100)39-86-79(69)114/h9-12,15-18,20-27,37,41-45,53,56-60,69-70,84,95H,7-8,13-14,19,28-36,38-40,81-82H2,1-6H3,(H2,83,99)(H,85,109)(H,86,114)(H,87,107)(H,88,100)(H,89,101)(H,90,113)(H,91,112)(H,92,110)(H,93,108)(H,94,111)(H,102,103)(H,104,105)/t41-,42+,43-,44+,45-,53+,56+,57-,58+,59+,60-,69+,70+/m1/s1. The first-order valence-electron chi connectivity index (χ1n) is 38.1. The number of nitrogen functional groups attached to an aromatic ring is 1. The third-order valence-electron chi connectivity index (χ3n) is 19.3. The first kappa shape index (κ1) is 93.1. The van der Waals surface area contributed by atoms with Crippen molar-refractivity contribution in [3.05, 3.63) is 120 Å². The molecule has 0 unspecified atom stereocenters. The summed E-state index contributed by atoms with van der Waals surface area (Å²) in [5.41, 5.74) is 19.8. The van der Waals surface area contributed by atoms with Crippen molar-refractivity contribution in [2.75, 3.05) is 38.6 Å². The predicted molar refractivity (Wildman–Crippen MR) is 420 cm³/mol. The van der Waals surface area contributed by atoms with Crippen LogP contribution >= 0.6 is 0 Å². The highest BCUT2D eigenvalue weighted by Gasteiger charge is 2.42. The van der Waals surface area contributed by atoms with Crippen LogP contribution in [0.5, 0.6) is 5.75 Å². The lowest BCUT2D eigenvalue weighted by Gasteiger charge is -2.29. The monoisotopic (exact) mass is 1630 g/mol. The van der Waals surface area contributed by atoms with Crippen LogP contribution in [-0.2, 0) is 87.9 Å². The maximum Gasteiger partial charge on any atom is 0.337 e. The second-order valence-corrected chi connectivity index (χ2v) is 28.7. The number of cyclic esters (lactones) is 1. The number of fused-ring (bicyclic) bond motifs is 1. The number of amides is 11. The number of Topliss-reactive ketones (excluding diaryl/α,β-unsaturated/α-hetero) is 4. The number of aromatic nitrogens is 1. The minimum Gasteiger partial charge on any atom is -0.494 e. The van der Waals surface area contributed by atoms with Crippen molar-refractivity contribution in [1.29, 1.82) is 0 Å². The number of aliphatic hydroxyl groups excluding tert-OH is 1. The van der Waals surface area contributed by atoms with Gasteiger partial charge in [0.1, 0.15) is 42.1 Å². The number of unbranched alkanes of at least 4 members (excludes halogenated alkanes) is 2. The first-order chi connectivity index (χ1) is 55.5. The van der Waals surface area contributed by atoms with Crippen molar-refractivity contribution in [2.24, 2.45) is 35.1 Å². The Labute approximate surface area is 672 Å². The molecule has 0 bridgehead atoms. The summed E-state index contributed by atoms with van der Waals surface area (Å²) in [7, 11) is 0. The number of H-pyrrole nitrogens is 1. The second kappa shape index (κ2) is 45.3. The lowest BCUT2D eigenvalue weighted by Crippen LogP contribution is -2.58. The minimum absolute atomic E-state index is 0.00105. The van der Waals surface area contributed by atoms with Gasteiger partial charge in [-0.15, -0.1) is 0 Å². The van der Waals surface area contributed by atoms with Gasteiger partial charge in [0, 0.05) is 83.8 Å². The Hall–Kier alpha value is -12.8. The van der Waals surface area contributed by atoms with Gasteiger partial charge >= 0.3 is 17.9 Å². The number of para-hydroxylation sites is 2. The Morgan fingerprint density at radius 3 is 1.88 bits per heavy atom. The Bertz CT molecular complexity index is 4450. The number of ketones is 4. The molecule has 20 N–H and O–H groups in total. The number of primary amides is 1. The van der Waals surface area contributed by atoms with Gasteiger partial charge in [-0.2, -0.15) is 0 Å². The topological polar surface area (TPSA) is 601 Å². The summed E-state index contributed by atoms with van der Waals surface area (Å²) in [5.74, 6) is -27.0. The number of aromatic amines is 1. The summed E-state index contributed by atoms with van der Waals surface area (Å²) in [4.78, 5) is 253. The number of carboxylic acids is 2. The maximum absolute atomic E-state index is 14.9. The number of rotatable bonds is 30. The number of nitrogens with two attached hydrogens (primary N) is 3. The maximum atomic E-state index is 14.9. The van der Waals surface area contributed by atoms with Gasteiger partial charge < -0.3 is 100 Å². The zero-order valence-corrected chi connectivity index (χ0v) is 65.6. The smallest absolute Gasteiger partial charge is 0.337 e. The van der Waals surface area contributed by atoms with E-state index < -0.39 is 248 Å². The molecule has 117 heavy (non-hydrogen) atoms. The molecule has 13 atom stereocenters. The zero-order valence-electron chi connectivity index (χ0n) is 65.6. The van der Waals surface area contributed by atoms with Crippen LogP contribution in [0.4, 0.5) is 5.69 Å². The van der Waals surface area contributed by atoms with E-state index in [1.165, 1.54) is 39.0 Å². The lowest BCUT2D eigenvalue weighted by atomic mass is 9.84. The van der Waals surface area contributed by atoms with Crippen LogP contribution < -0.4 is 75.1 Å². The molecule has 6 rings (SSSR count). The Balaban J connectivity index is 1.34. The van der Waals surface area contributed by atoms with Gasteiger partial charge in [-0.3, -0.25) is 81.5 Å². The van der Waals surface area contributed by atoms with Crippen molar-refractivity contribution in [3.63, 3.8) is 0 Å². The molecule has 4 aromatic carbocycles. The summed E-state index contributed by atoms with van der Waals surface area (Å²) in [6, 6.07) is 11.2. The van der Waals surface area contributed by atoms with Gasteiger partial charge in [0.15, 0.2) is 29.2 Å². The number of benzene rings is 4. The Morgan fingerprint density at radius 1 is 0.632 bits per heavy atom. The molecule has 11 amide bonds. The summed E-state index contributed by atoms with van der Waals surface area (Å²) in [6.07, 6.45) is -3.32. The van der Waals surface area contributed by atoms with E-state index in [-0.39, 0.29) is 37.1 Å². The fraction of sp³-hybridized carbons (Fsp3) is 0.450. The predicted octanol–water partition coefficient (Wildman–Crippen LogP) is -0.241. The van der Waals surface area contributed by atoms with Crippen LogP contribution in [0.2, 0.25) is 0 Å². The number of esters is 1. The van der Waals surface area contributed by atoms with Gasteiger partial charge in [0.2, 0.25) is 59.1 Å². The molecule has 1 aliphatic rings. The van der Waals surface area contributed by atoms with E-state index in [4.69, 9.17) is 26.7 Å². The molecule has 2 heterocycles.